The van der Waals surface area contributed by atoms with Crippen molar-refractivity contribution in [2.45, 2.75) is 38.1 Å². The molecule has 5 heteroatoms. The fraction of sp³-hybridized carbons (Fsp3) is 0.909. The third-order valence-corrected chi connectivity index (χ3v) is 3.50. The molecule has 0 radical (unpaired) electrons. The van der Waals surface area contributed by atoms with Crippen LogP contribution in [0.2, 0.25) is 0 Å². The number of aliphatic hydroxyl groups is 2. The number of nitrogens with zero attached hydrogens (tertiary/aromatic N) is 1. The van der Waals surface area contributed by atoms with Crippen molar-refractivity contribution in [3.8, 4) is 0 Å². The number of rotatable bonds is 2. The Kier molecular flexibility index (Phi) is 3.47. The molecule has 1 amide bonds. The van der Waals surface area contributed by atoms with Gasteiger partial charge in [-0.1, -0.05) is 6.92 Å². The van der Waals surface area contributed by atoms with Gasteiger partial charge in [-0.15, -0.1) is 0 Å². The van der Waals surface area contributed by atoms with E-state index in [9.17, 15) is 15.0 Å². The number of ether oxygens (including phenoxy) is 1. The SMILES string of the molecule is CCC1OCCC1C(=O)N1CC(O)C(O)C1. The third kappa shape index (κ3) is 2.07. The van der Waals surface area contributed by atoms with E-state index < -0.39 is 12.2 Å². The number of β-amino-alcohol motifs (C(OH)–C–C–N with tert-alkyl or cyclic N) is 2. The molecule has 5 nitrogen and oxygen atoms in total. The fourth-order valence-electron chi connectivity index (χ4n) is 2.52. The molecular formula is C11H19NO4. The van der Waals surface area contributed by atoms with Crippen molar-refractivity contribution < 1.29 is 19.7 Å². The normalized spacial score (nSPS) is 39.3. The van der Waals surface area contributed by atoms with Crippen LogP contribution in [0.3, 0.4) is 0 Å². The first-order valence-electron chi connectivity index (χ1n) is 5.90. The Hall–Kier alpha value is -0.650. The molecule has 2 saturated heterocycles. The standard InChI is InChI=1S/C11H19NO4/c1-2-10-7(3-4-16-10)11(15)12-5-8(13)9(14)6-12/h7-10,13-14H,2-6H2,1H3. The van der Waals surface area contributed by atoms with E-state index in [0.29, 0.717) is 6.61 Å². The lowest BCUT2D eigenvalue weighted by molar-refractivity contribution is -0.136. The van der Waals surface area contributed by atoms with Gasteiger partial charge in [0.1, 0.15) is 0 Å². The minimum Gasteiger partial charge on any atom is -0.388 e. The van der Waals surface area contributed by atoms with Gasteiger partial charge < -0.3 is 19.8 Å². The highest BCUT2D eigenvalue weighted by molar-refractivity contribution is 5.80. The van der Waals surface area contributed by atoms with Crippen LogP contribution < -0.4 is 0 Å². The smallest absolute Gasteiger partial charge is 0.228 e. The molecule has 2 rings (SSSR count). The second-order valence-electron chi connectivity index (χ2n) is 4.59. The van der Waals surface area contributed by atoms with Gasteiger partial charge in [0, 0.05) is 19.7 Å². The van der Waals surface area contributed by atoms with Crippen molar-refractivity contribution in [1.82, 2.24) is 4.90 Å². The van der Waals surface area contributed by atoms with Gasteiger partial charge in [-0.3, -0.25) is 4.79 Å². The predicted octanol–water partition coefficient (Wildman–Crippen LogP) is -0.635. The number of aliphatic hydroxyl groups excluding tert-OH is 2. The maximum Gasteiger partial charge on any atom is 0.228 e. The second-order valence-corrected chi connectivity index (χ2v) is 4.59. The van der Waals surface area contributed by atoms with E-state index >= 15 is 0 Å². The molecule has 0 saturated carbocycles. The molecule has 4 unspecified atom stereocenters. The van der Waals surface area contributed by atoms with E-state index in [1.165, 1.54) is 0 Å². The summed E-state index contributed by atoms with van der Waals surface area (Å²) in [6.45, 7) is 3.12. The Morgan fingerprint density at radius 1 is 1.38 bits per heavy atom. The molecule has 2 heterocycles. The Labute approximate surface area is 95.0 Å². The van der Waals surface area contributed by atoms with Gasteiger partial charge in [0.2, 0.25) is 5.91 Å². The van der Waals surface area contributed by atoms with Crippen LogP contribution in [0.15, 0.2) is 0 Å². The van der Waals surface area contributed by atoms with Gasteiger partial charge in [0.15, 0.2) is 0 Å². The summed E-state index contributed by atoms with van der Waals surface area (Å²) in [5.74, 6) is -0.0811. The zero-order chi connectivity index (χ0) is 11.7. The minimum atomic E-state index is -0.800. The van der Waals surface area contributed by atoms with Crippen molar-refractivity contribution in [3.63, 3.8) is 0 Å². The Morgan fingerprint density at radius 3 is 2.56 bits per heavy atom. The summed E-state index contributed by atoms with van der Waals surface area (Å²) in [6.07, 6.45) is -0.0184. The summed E-state index contributed by atoms with van der Waals surface area (Å²) in [6, 6.07) is 0. The molecule has 4 atom stereocenters. The zero-order valence-electron chi connectivity index (χ0n) is 9.50. The van der Waals surface area contributed by atoms with Crippen molar-refractivity contribution in [1.29, 1.82) is 0 Å². The van der Waals surface area contributed by atoms with Crippen molar-refractivity contribution >= 4 is 5.91 Å². The van der Waals surface area contributed by atoms with Gasteiger partial charge in [-0.2, -0.15) is 0 Å². The maximum absolute atomic E-state index is 12.1. The number of carbonyl (C=O) groups is 1. The zero-order valence-corrected chi connectivity index (χ0v) is 9.50. The molecule has 0 aromatic rings. The number of hydrogen-bond donors (Lipinski definition) is 2. The van der Waals surface area contributed by atoms with E-state index in [0.717, 1.165) is 12.8 Å². The van der Waals surface area contributed by atoms with E-state index in [1.807, 2.05) is 6.92 Å². The average Bonchev–Trinajstić information content (AvgIpc) is 2.85. The van der Waals surface area contributed by atoms with Crippen LogP contribution in [-0.4, -0.2) is 59.0 Å². The monoisotopic (exact) mass is 229 g/mol. The fourth-order valence-corrected chi connectivity index (χ4v) is 2.52. The van der Waals surface area contributed by atoms with Gasteiger partial charge in [-0.05, 0) is 12.8 Å². The Bertz CT molecular complexity index is 261. The van der Waals surface area contributed by atoms with E-state index in [2.05, 4.69) is 0 Å². The van der Waals surface area contributed by atoms with Crippen molar-refractivity contribution in [2.24, 2.45) is 5.92 Å². The number of hydrogen-bond acceptors (Lipinski definition) is 4. The molecular weight excluding hydrogens is 210 g/mol. The number of amides is 1. The van der Waals surface area contributed by atoms with Crippen LogP contribution in [0.25, 0.3) is 0 Å². The molecule has 2 fully saturated rings. The largest absolute Gasteiger partial charge is 0.388 e. The Morgan fingerprint density at radius 2 is 2.00 bits per heavy atom. The van der Waals surface area contributed by atoms with Gasteiger partial charge in [-0.25, -0.2) is 0 Å². The van der Waals surface area contributed by atoms with Crippen molar-refractivity contribution in [3.05, 3.63) is 0 Å². The molecule has 0 bridgehead atoms. The summed E-state index contributed by atoms with van der Waals surface area (Å²) >= 11 is 0. The topological polar surface area (TPSA) is 70.0 Å². The van der Waals surface area contributed by atoms with Crippen LogP contribution in [0.5, 0.6) is 0 Å². The van der Waals surface area contributed by atoms with E-state index in [4.69, 9.17) is 4.74 Å². The van der Waals surface area contributed by atoms with Crippen LogP contribution in [0.1, 0.15) is 19.8 Å². The first-order valence-corrected chi connectivity index (χ1v) is 5.90. The summed E-state index contributed by atoms with van der Waals surface area (Å²) in [5.41, 5.74) is 0. The second kappa shape index (κ2) is 4.69. The van der Waals surface area contributed by atoms with E-state index in [-0.39, 0.29) is 31.0 Å². The Balaban J connectivity index is 1.97. The van der Waals surface area contributed by atoms with Gasteiger partial charge in [0.05, 0.1) is 24.2 Å². The molecule has 16 heavy (non-hydrogen) atoms. The van der Waals surface area contributed by atoms with Crippen LogP contribution in [-0.2, 0) is 9.53 Å². The van der Waals surface area contributed by atoms with Crippen molar-refractivity contribution in [2.75, 3.05) is 19.7 Å². The first kappa shape index (κ1) is 11.8. The summed E-state index contributed by atoms with van der Waals surface area (Å²) in [7, 11) is 0. The minimum absolute atomic E-state index is 0.00221. The highest BCUT2D eigenvalue weighted by atomic mass is 16.5. The molecule has 0 aromatic heterocycles. The van der Waals surface area contributed by atoms with Gasteiger partial charge in [0.25, 0.3) is 0 Å². The molecule has 2 aliphatic rings. The summed E-state index contributed by atoms with van der Waals surface area (Å²) in [5, 5.41) is 18.8. The maximum atomic E-state index is 12.1. The molecule has 2 N–H and O–H groups in total. The lowest BCUT2D eigenvalue weighted by Gasteiger charge is -2.22. The average molecular weight is 229 g/mol. The van der Waals surface area contributed by atoms with Crippen LogP contribution in [0.4, 0.5) is 0 Å². The number of carbonyl (C=O) groups excluding carboxylic acids is 1. The van der Waals surface area contributed by atoms with E-state index in [1.54, 1.807) is 4.90 Å². The van der Waals surface area contributed by atoms with Gasteiger partial charge >= 0.3 is 0 Å². The predicted molar refractivity (Wildman–Crippen MR) is 56.7 cm³/mol. The lowest BCUT2D eigenvalue weighted by Crippen LogP contribution is -2.38. The molecule has 0 aromatic carbocycles. The highest BCUT2D eigenvalue weighted by Gasteiger charge is 2.40. The highest BCUT2D eigenvalue weighted by Crippen LogP contribution is 2.26. The lowest BCUT2D eigenvalue weighted by atomic mass is 9.98. The molecule has 2 aliphatic heterocycles. The molecule has 0 spiro atoms. The summed E-state index contributed by atoms with van der Waals surface area (Å²) < 4.78 is 5.48. The first-order chi connectivity index (χ1) is 7.63. The van der Waals surface area contributed by atoms with Crippen LogP contribution in [0, 0.1) is 5.92 Å². The number of likely N-dealkylation sites (tertiary alicyclic amines) is 1. The third-order valence-electron chi connectivity index (χ3n) is 3.50. The quantitative estimate of drug-likeness (QED) is 0.661. The summed E-state index contributed by atoms with van der Waals surface area (Å²) in [4.78, 5) is 13.7. The molecule has 0 aliphatic carbocycles. The molecule has 92 valence electrons. The van der Waals surface area contributed by atoms with Crippen LogP contribution >= 0.6 is 0 Å².